The maximum Gasteiger partial charge on any atom is 0.173 e. The number of methoxy groups -OCH3 is 3. The van der Waals surface area contributed by atoms with Crippen molar-refractivity contribution in [1.29, 1.82) is 0 Å². The van der Waals surface area contributed by atoms with Crippen LogP contribution in [0.2, 0.25) is 0 Å². The third-order valence-electron chi connectivity index (χ3n) is 3.90. The van der Waals surface area contributed by atoms with Crippen LogP contribution in [0.4, 0.5) is 0 Å². The van der Waals surface area contributed by atoms with Gasteiger partial charge in [-0.05, 0) is 24.3 Å². The van der Waals surface area contributed by atoms with Gasteiger partial charge in [0.2, 0.25) is 0 Å². The van der Waals surface area contributed by atoms with E-state index < -0.39 is 0 Å². The first-order valence-electron chi connectivity index (χ1n) is 7.67. The van der Waals surface area contributed by atoms with E-state index in [4.69, 9.17) is 18.7 Å². The fourth-order valence-electron chi connectivity index (χ4n) is 2.62. The third-order valence-corrected chi connectivity index (χ3v) is 3.90. The molecule has 6 nitrogen and oxygen atoms in total. The molecule has 0 aliphatic rings. The molecule has 0 radical (unpaired) electrons. The molecule has 0 atom stereocenters. The van der Waals surface area contributed by atoms with Crippen LogP contribution in [-0.4, -0.2) is 31.6 Å². The molecule has 3 aromatic rings. The Morgan fingerprint density at radius 3 is 2.12 bits per heavy atom. The van der Waals surface area contributed by atoms with Crippen LogP contribution in [0.3, 0.4) is 0 Å². The second-order valence-electron chi connectivity index (χ2n) is 5.33. The van der Waals surface area contributed by atoms with Crippen molar-refractivity contribution in [2.24, 2.45) is 0 Å². The van der Waals surface area contributed by atoms with Crippen LogP contribution in [0.1, 0.15) is 5.56 Å². The molecule has 0 bridgehead atoms. The van der Waals surface area contributed by atoms with Gasteiger partial charge in [-0.3, -0.25) is 0 Å². The number of hydrogen-bond acceptors (Lipinski definition) is 6. The largest absolute Gasteiger partial charge is 0.497 e. The van der Waals surface area contributed by atoms with Crippen LogP contribution in [0.5, 0.6) is 17.2 Å². The van der Waals surface area contributed by atoms with Gasteiger partial charge < -0.3 is 23.8 Å². The standard InChI is InChI=1S/C19H19NO5/c1-22-14-6-4-5-12(7-14)19-17(11-21)18(20-25-19)13-8-15(23-2)10-16(9-13)24-3/h4-10,21H,11H2,1-3H3. The number of benzene rings is 2. The quantitative estimate of drug-likeness (QED) is 0.739. The highest BCUT2D eigenvalue weighted by Crippen LogP contribution is 2.36. The van der Waals surface area contributed by atoms with Gasteiger partial charge in [0.15, 0.2) is 5.76 Å². The van der Waals surface area contributed by atoms with Crippen LogP contribution >= 0.6 is 0 Å². The molecule has 2 aromatic carbocycles. The molecule has 25 heavy (non-hydrogen) atoms. The van der Waals surface area contributed by atoms with E-state index in [1.807, 2.05) is 36.4 Å². The van der Waals surface area contributed by atoms with E-state index in [1.165, 1.54) is 0 Å². The first-order chi connectivity index (χ1) is 12.2. The molecular weight excluding hydrogens is 322 g/mol. The Kier molecular flexibility index (Phi) is 4.90. The molecule has 130 valence electrons. The summed E-state index contributed by atoms with van der Waals surface area (Å²) in [4.78, 5) is 0. The molecule has 1 N–H and O–H groups in total. The van der Waals surface area contributed by atoms with Gasteiger partial charge in [-0.2, -0.15) is 0 Å². The molecule has 0 unspecified atom stereocenters. The Hall–Kier alpha value is -2.99. The molecule has 0 spiro atoms. The molecular formula is C19H19NO5. The molecule has 1 aromatic heterocycles. The van der Waals surface area contributed by atoms with Gasteiger partial charge in [0, 0.05) is 17.2 Å². The fourth-order valence-corrected chi connectivity index (χ4v) is 2.62. The van der Waals surface area contributed by atoms with Crippen LogP contribution in [0.15, 0.2) is 47.0 Å². The lowest BCUT2D eigenvalue weighted by Gasteiger charge is -2.08. The Balaban J connectivity index is 2.11. The summed E-state index contributed by atoms with van der Waals surface area (Å²) < 4.78 is 21.4. The summed E-state index contributed by atoms with van der Waals surface area (Å²) in [6.07, 6.45) is 0. The van der Waals surface area contributed by atoms with Crippen molar-refractivity contribution in [3.63, 3.8) is 0 Å². The lowest BCUT2D eigenvalue weighted by molar-refractivity contribution is 0.281. The molecule has 6 heteroatoms. The van der Waals surface area contributed by atoms with Crippen molar-refractivity contribution in [3.05, 3.63) is 48.0 Å². The molecule has 0 aliphatic carbocycles. The summed E-state index contributed by atoms with van der Waals surface area (Å²) in [6, 6.07) is 12.8. The highest BCUT2D eigenvalue weighted by atomic mass is 16.5. The molecule has 0 saturated heterocycles. The van der Waals surface area contributed by atoms with Crippen molar-refractivity contribution < 1.29 is 23.8 Å². The highest BCUT2D eigenvalue weighted by molar-refractivity contribution is 5.74. The smallest absolute Gasteiger partial charge is 0.173 e. The Morgan fingerprint density at radius 1 is 0.880 bits per heavy atom. The first-order valence-corrected chi connectivity index (χ1v) is 7.67. The number of rotatable bonds is 6. The van der Waals surface area contributed by atoms with Crippen molar-refractivity contribution in [3.8, 4) is 39.8 Å². The summed E-state index contributed by atoms with van der Waals surface area (Å²) in [5.74, 6) is 2.45. The van der Waals surface area contributed by atoms with Crippen LogP contribution in [0, 0.1) is 0 Å². The predicted molar refractivity (Wildman–Crippen MR) is 93.0 cm³/mol. The average molecular weight is 341 g/mol. The van der Waals surface area contributed by atoms with Crippen molar-refractivity contribution >= 4 is 0 Å². The maximum absolute atomic E-state index is 9.90. The zero-order chi connectivity index (χ0) is 17.8. The first kappa shape index (κ1) is 16.9. The van der Waals surface area contributed by atoms with Gasteiger partial charge in [-0.25, -0.2) is 0 Å². The van der Waals surface area contributed by atoms with Crippen LogP contribution in [-0.2, 0) is 6.61 Å². The van der Waals surface area contributed by atoms with E-state index >= 15 is 0 Å². The topological polar surface area (TPSA) is 74.0 Å². The monoisotopic (exact) mass is 341 g/mol. The Labute approximate surface area is 145 Å². The molecule has 3 rings (SSSR count). The SMILES string of the molecule is COc1cc(OC)cc(-c2noc(-c3cccc(OC)c3)c2CO)c1. The minimum absolute atomic E-state index is 0.217. The third kappa shape index (κ3) is 3.29. The van der Waals surface area contributed by atoms with Gasteiger partial charge in [-0.15, -0.1) is 0 Å². The van der Waals surface area contributed by atoms with Gasteiger partial charge in [0.1, 0.15) is 22.9 Å². The van der Waals surface area contributed by atoms with Gasteiger partial charge >= 0.3 is 0 Å². The van der Waals surface area contributed by atoms with Crippen molar-refractivity contribution in [2.75, 3.05) is 21.3 Å². The van der Waals surface area contributed by atoms with Crippen LogP contribution < -0.4 is 14.2 Å². The average Bonchev–Trinajstić information content (AvgIpc) is 3.11. The van der Waals surface area contributed by atoms with E-state index in [0.29, 0.717) is 34.3 Å². The highest BCUT2D eigenvalue weighted by Gasteiger charge is 2.20. The molecule has 0 aliphatic heterocycles. The molecule has 1 heterocycles. The lowest BCUT2D eigenvalue weighted by Crippen LogP contribution is -1.92. The lowest BCUT2D eigenvalue weighted by atomic mass is 10.0. The van der Waals surface area contributed by atoms with E-state index in [1.54, 1.807) is 27.4 Å². The number of aromatic nitrogens is 1. The normalized spacial score (nSPS) is 10.6. The second kappa shape index (κ2) is 7.27. The van der Waals surface area contributed by atoms with E-state index in [-0.39, 0.29) is 6.61 Å². The predicted octanol–water partition coefficient (Wildman–Crippen LogP) is 3.53. The van der Waals surface area contributed by atoms with E-state index in [9.17, 15) is 5.11 Å². The summed E-state index contributed by atoms with van der Waals surface area (Å²) >= 11 is 0. The summed E-state index contributed by atoms with van der Waals surface area (Å²) in [7, 11) is 4.76. The number of nitrogens with zero attached hydrogens (tertiary/aromatic N) is 1. The number of hydrogen-bond donors (Lipinski definition) is 1. The minimum Gasteiger partial charge on any atom is -0.497 e. The zero-order valence-corrected chi connectivity index (χ0v) is 14.3. The van der Waals surface area contributed by atoms with Crippen molar-refractivity contribution in [1.82, 2.24) is 5.16 Å². The molecule has 0 amide bonds. The van der Waals surface area contributed by atoms with Gasteiger partial charge in [0.05, 0.1) is 33.5 Å². The van der Waals surface area contributed by atoms with Gasteiger partial charge in [-0.1, -0.05) is 17.3 Å². The zero-order valence-electron chi connectivity index (χ0n) is 14.3. The molecule has 0 fully saturated rings. The number of aliphatic hydroxyl groups is 1. The van der Waals surface area contributed by atoms with E-state index in [2.05, 4.69) is 5.16 Å². The summed E-state index contributed by atoms with van der Waals surface area (Å²) in [5, 5.41) is 14.0. The Morgan fingerprint density at radius 2 is 1.52 bits per heavy atom. The summed E-state index contributed by atoms with van der Waals surface area (Å²) in [5.41, 5.74) is 2.64. The fraction of sp³-hybridized carbons (Fsp3) is 0.211. The maximum atomic E-state index is 9.90. The minimum atomic E-state index is -0.217. The molecule has 0 saturated carbocycles. The Bertz CT molecular complexity index is 850. The number of aliphatic hydroxyl groups excluding tert-OH is 1. The van der Waals surface area contributed by atoms with E-state index in [0.717, 1.165) is 11.1 Å². The van der Waals surface area contributed by atoms with Crippen molar-refractivity contribution in [2.45, 2.75) is 6.61 Å². The second-order valence-corrected chi connectivity index (χ2v) is 5.33. The number of ether oxygens (including phenoxy) is 3. The van der Waals surface area contributed by atoms with Crippen LogP contribution in [0.25, 0.3) is 22.6 Å². The van der Waals surface area contributed by atoms with Gasteiger partial charge in [0.25, 0.3) is 0 Å². The summed E-state index contributed by atoms with van der Waals surface area (Å²) in [6.45, 7) is -0.217.